The maximum absolute atomic E-state index is 12.8. The summed E-state index contributed by atoms with van der Waals surface area (Å²) in [7, 11) is -3.63. The van der Waals surface area contributed by atoms with Crippen molar-refractivity contribution in [2.75, 3.05) is 18.4 Å². The summed E-state index contributed by atoms with van der Waals surface area (Å²) in [5.74, 6) is -0.397. The van der Waals surface area contributed by atoms with Gasteiger partial charge in [-0.25, -0.2) is 8.42 Å². The van der Waals surface area contributed by atoms with Gasteiger partial charge in [0.25, 0.3) is 0 Å². The Kier molecular flexibility index (Phi) is 6.17. The van der Waals surface area contributed by atoms with E-state index in [4.69, 9.17) is 11.6 Å². The average Bonchev–Trinajstić information content (AvgIpc) is 2.68. The Morgan fingerprint density at radius 2 is 1.57 bits per heavy atom. The summed E-state index contributed by atoms with van der Waals surface area (Å²) in [6, 6.07) is 12.8. The summed E-state index contributed by atoms with van der Waals surface area (Å²) in [5, 5.41) is 3.18. The van der Waals surface area contributed by atoms with Crippen molar-refractivity contribution in [1.82, 2.24) is 4.31 Å². The molecule has 3 rings (SSSR count). The van der Waals surface area contributed by atoms with Gasteiger partial charge < -0.3 is 5.32 Å². The number of sulfonamides is 1. The second kappa shape index (κ2) is 8.43. The van der Waals surface area contributed by atoms with Gasteiger partial charge in [0.05, 0.1) is 4.90 Å². The van der Waals surface area contributed by atoms with Gasteiger partial charge in [-0.05, 0) is 61.4 Å². The van der Waals surface area contributed by atoms with Crippen LogP contribution in [0.2, 0.25) is 5.02 Å². The third-order valence-electron chi connectivity index (χ3n) is 4.77. The minimum Gasteiger partial charge on any atom is -0.326 e. The summed E-state index contributed by atoms with van der Waals surface area (Å²) in [5.41, 5.74) is 1.14. The van der Waals surface area contributed by atoms with Crippen molar-refractivity contribution >= 4 is 39.0 Å². The van der Waals surface area contributed by atoms with Crippen LogP contribution >= 0.6 is 11.6 Å². The lowest BCUT2D eigenvalue weighted by Crippen LogP contribution is -2.40. The van der Waals surface area contributed by atoms with Crippen LogP contribution in [-0.2, 0) is 14.8 Å². The normalized spacial score (nSPS) is 15.9. The van der Waals surface area contributed by atoms with Crippen molar-refractivity contribution < 1.29 is 18.0 Å². The summed E-state index contributed by atoms with van der Waals surface area (Å²) in [6.45, 7) is 1.97. The van der Waals surface area contributed by atoms with E-state index in [1.165, 1.54) is 23.4 Å². The highest BCUT2D eigenvalue weighted by atomic mass is 35.5. The van der Waals surface area contributed by atoms with Crippen molar-refractivity contribution in [2.24, 2.45) is 5.92 Å². The fourth-order valence-corrected chi connectivity index (χ4v) is 4.87. The van der Waals surface area contributed by atoms with Gasteiger partial charge >= 0.3 is 0 Å². The van der Waals surface area contributed by atoms with Gasteiger partial charge in [-0.2, -0.15) is 4.31 Å². The Morgan fingerprint density at radius 1 is 1.00 bits per heavy atom. The quantitative estimate of drug-likeness (QED) is 0.749. The van der Waals surface area contributed by atoms with Gasteiger partial charge in [-0.3, -0.25) is 9.59 Å². The molecule has 2 aromatic rings. The number of amides is 1. The van der Waals surface area contributed by atoms with Crippen LogP contribution < -0.4 is 5.32 Å². The number of carbonyl (C=O) groups is 2. The molecule has 0 atom stereocenters. The van der Waals surface area contributed by atoms with Crippen molar-refractivity contribution in [3.05, 3.63) is 59.1 Å². The number of piperidine rings is 1. The second-order valence-corrected chi connectivity index (χ2v) is 9.13. The lowest BCUT2D eigenvalue weighted by atomic mass is 9.90. The minimum absolute atomic E-state index is 0.0216. The third kappa shape index (κ3) is 4.60. The molecule has 1 amide bonds. The fraction of sp³-hybridized carbons (Fsp3) is 0.300. The molecule has 1 fully saturated rings. The van der Waals surface area contributed by atoms with Crippen molar-refractivity contribution in [1.29, 1.82) is 0 Å². The Morgan fingerprint density at radius 3 is 2.11 bits per heavy atom. The first-order valence-electron chi connectivity index (χ1n) is 8.95. The van der Waals surface area contributed by atoms with Crippen LogP contribution in [0, 0.1) is 5.92 Å². The number of ketones is 1. The number of Topliss-reactive ketones (excluding diaryl/α,β-unsaturated/α-hetero) is 1. The highest BCUT2D eigenvalue weighted by Gasteiger charge is 2.32. The summed E-state index contributed by atoms with van der Waals surface area (Å²) < 4.78 is 27.1. The molecule has 148 valence electrons. The van der Waals surface area contributed by atoms with E-state index in [9.17, 15) is 18.0 Å². The van der Waals surface area contributed by atoms with Crippen LogP contribution in [0.25, 0.3) is 0 Å². The molecule has 1 heterocycles. The molecule has 0 aliphatic carbocycles. The number of halogens is 1. The zero-order chi connectivity index (χ0) is 20.3. The highest BCUT2D eigenvalue weighted by Crippen LogP contribution is 2.27. The zero-order valence-corrected chi connectivity index (χ0v) is 17.0. The topological polar surface area (TPSA) is 83.6 Å². The van der Waals surface area contributed by atoms with Crippen LogP contribution in [0.3, 0.4) is 0 Å². The van der Waals surface area contributed by atoms with Gasteiger partial charge in [0.15, 0.2) is 5.78 Å². The zero-order valence-electron chi connectivity index (χ0n) is 15.4. The molecule has 2 aromatic carbocycles. The number of hydrogen-bond acceptors (Lipinski definition) is 4. The molecule has 8 heteroatoms. The van der Waals surface area contributed by atoms with Gasteiger partial charge in [-0.15, -0.1) is 0 Å². The number of hydrogen-bond donors (Lipinski definition) is 1. The molecule has 1 saturated heterocycles. The predicted molar refractivity (Wildman–Crippen MR) is 108 cm³/mol. The standard InChI is InChI=1S/C20H21ClN2O4S/c1-14(24)22-18-6-8-19(9-7-18)28(26,27)23-12-10-16(11-13-23)20(25)15-2-4-17(21)5-3-15/h2-9,16H,10-13H2,1H3,(H,22,24). The molecular weight excluding hydrogens is 400 g/mol. The second-order valence-electron chi connectivity index (χ2n) is 6.76. The maximum atomic E-state index is 12.8. The Bertz CT molecular complexity index is 964. The van der Waals surface area contributed by atoms with Crippen LogP contribution in [0.5, 0.6) is 0 Å². The Labute approximate surface area is 169 Å². The van der Waals surface area contributed by atoms with Crippen molar-refractivity contribution in [3.63, 3.8) is 0 Å². The number of rotatable bonds is 5. The third-order valence-corrected chi connectivity index (χ3v) is 6.93. The van der Waals surface area contributed by atoms with Crippen molar-refractivity contribution in [2.45, 2.75) is 24.7 Å². The highest BCUT2D eigenvalue weighted by molar-refractivity contribution is 7.89. The number of nitrogens with zero attached hydrogens (tertiary/aromatic N) is 1. The van der Waals surface area contributed by atoms with Gasteiger partial charge in [0.2, 0.25) is 15.9 Å². The van der Waals surface area contributed by atoms with Crippen LogP contribution in [0.4, 0.5) is 5.69 Å². The number of carbonyl (C=O) groups excluding carboxylic acids is 2. The molecule has 0 aromatic heterocycles. The van der Waals surface area contributed by atoms with E-state index in [0.29, 0.717) is 42.2 Å². The number of nitrogens with one attached hydrogen (secondary N) is 1. The van der Waals surface area contributed by atoms with Gasteiger partial charge in [0.1, 0.15) is 0 Å². The summed E-state index contributed by atoms with van der Waals surface area (Å²) >= 11 is 5.86. The van der Waals surface area contributed by atoms with E-state index in [1.54, 1.807) is 36.4 Å². The Balaban J connectivity index is 1.65. The molecule has 6 nitrogen and oxygen atoms in total. The molecule has 1 aliphatic rings. The van der Waals surface area contributed by atoms with E-state index in [1.807, 2.05) is 0 Å². The van der Waals surface area contributed by atoms with E-state index in [0.717, 1.165) is 0 Å². The minimum atomic E-state index is -3.63. The van der Waals surface area contributed by atoms with E-state index >= 15 is 0 Å². The molecule has 0 bridgehead atoms. The van der Waals surface area contributed by atoms with Crippen LogP contribution in [0.15, 0.2) is 53.4 Å². The molecular formula is C20H21ClN2O4S. The molecule has 0 spiro atoms. The SMILES string of the molecule is CC(=O)Nc1ccc(S(=O)(=O)N2CCC(C(=O)c3ccc(Cl)cc3)CC2)cc1. The first-order chi connectivity index (χ1) is 13.3. The largest absolute Gasteiger partial charge is 0.326 e. The smallest absolute Gasteiger partial charge is 0.243 e. The molecule has 1 aliphatic heterocycles. The van der Waals surface area contributed by atoms with Crippen LogP contribution in [-0.4, -0.2) is 37.5 Å². The Hall–Kier alpha value is -2.22. The number of benzene rings is 2. The molecule has 0 saturated carbocycles. The molecule has 0 unspecified atom stereocenters. The molecule has 28 heavy (non-hydrogen) atoms. The fourth-order valence-electron chi connectivity index (χ4n) is 3.27. The predicted octanol–water partition coefficient (Wildman–Crippen LogP) is 3.58. The maximum Gasteiger partial charge on any atom is 0.243 e. The van der Waals surface area contributed by atoms with Crippen molar-refractivity contribution in [3.8, 4) is 0 Å². The van der Waals surface area contributed by atoms with E-state index in [2.05, 4.69) is 5.32 Å². The van der Waals surface area contributed by atoms with Gasteiger partial charge in [0, 0.05) is 42.2 Å². The monoisotopic (exact) mass is 420 g/mol. The first kappa shape index (κ1) is 20.5. The average molecular weight is 421 g/mol. The van der Waals surface area contributed by atoms with E-state index in [-0.39, 0.29) is 22.5 Å². The number of anilines is 1. The molecule has 1 N–H and O–H groups in total. The first-order valence-corrected chi connectivity index (χ1v) is 10.8. The lowest BCUT2D eigenvalue weighted by Gasteiger charge is -2.30. The summed E-state index contributed by atoms with van der Waals surface area (Å²) in [4.78, 5) is 23.9. The molecule has 0 radical (unpaired) electrons. The summed E-state index contributed by atoms with van der Waals surface area (Å²) in [6.07, 6.45) is 0.954. The van der Waals surface area contributed by atoms with Gasteiger partial charge in [-0.1, -0.05) is 11.6 Å². The van der Waals surface area contributed by atoms with Crippen LogP contribution in [0.1, 0.15) is 30.1 Å². The van der Waals surface area contributed by atoms with E-state index < -0.39 is 10.0 Å². The lowest BCUT2D eigenvalue weighted by molar-refractivity contribution is -0.114.